The molecule has 4 nitrogen and oxygen atoms in total. The van der Waals surface area contributed by atoms with Crippen LogP contribution in [0, 0.1) is 0 Å². The third-order valence-electron chi connectivity index (χ3n) is 3.23. The molecular weight excluding hydrogens is 244 g/mol. The number of hydrogen-bond acceptors (Lipinski definition) is 4. The topological polar surface area (TPSA) is 33.4 Å². The van der Waals surface area contributed by atoms with Crippen molar-refractivity contribution < 1.29 is 0 Å². The first-order chi connectivity index (χ1) is 8.88. The largest absolute Gasteiger partial charge is 0.355 e. The van der Waals surface area contributed by atoms with Gasteiger partial charge in [0.1, 0.15) is 5.82 Å². The molecule has 0 aromatic carbocycles. The first-order valence-electron chi connectivity index (χ1n) is 6.55. The van der Waals surface area contributed by atoms with Crippen LogP contribution in [0.4, 0.5) is 5.82 Å². The van der Waals surface area contributed by atoms with Gasteiger partial charge < -0.3 is 4.90 Å². The molecular formula is C13H18N4S. The van der Waals surface area contributed by atoms with Crippen molar-refractivity contribution >= 4 is 23.2 Å². The van der Waals surface area contributed by atoms with Crippen molar-refractivity contribution in [1.82, 2.24) is 14.6 Å². The number of aryl methyl sites for hydroxylation is 1. The van der Waals surface area contributed by atoms with Gasteiger partial charge >= 0.3 is 0 Å². The summed E-state index contributed by atoms with van der Waals surface area (Å²) in [6, 6.07) is 4.20. The Balaban J connectivity index is 2.03. The molecule has 18 heavy (non-hydrogen) atoms. The molecule has 0 radical (unpaired) electrons. The third-order valence-corrected chi connectivity index (χ3v) is 4.18. The standard InChI is InChI=1S/C13H18N4S/c1-2-3-11-10-13(16-6-8-18-9-7-16)17-12(15-11)4-5-14-17/h4-5,10H,2-3,6-9H2,1H3. The van der Waals surface area contributed by atoms with Crippen LogP contribution in [-0.4, -0.2) is 39.2 Å². The summed E-state index contributed by atoms with van der Waals surface area (Å²) in [5.74, 6) is 3.61. The highest BCUT2D eigenvalue weighted by Crippen LogP contribution is 2.21. The van der Waals surface area contributed by atoms with Gasteiger partial charge in [-0.25, -0.2) is 4.98 Å². The molecule has 5 heteroatoms. The molecule has 1 fully saturated rings. The van der Waals surface area contributed by atoms with E-state index in [4.69, 9.17) is 0 Å². The summed E-state index contributed by atoms with van der Waals surface area (Å²) < 4.78 is 1.97. The van der Waals surface area contributed by atoms with Crippen molar-refractivity contribution in [3.63, 3.8) is 0 Å². The second-order valence-electron chi connectivity index (χ2n) is 4.56. The number of thioether (sulfide) groups is 1. The van der Waals surface area contributed by atoms with E-state index >= 15 is 0 Å². The average Bonchev–Trinajstić information content (AvgIpc) is 2.87. The minimum Gasteiger partial charge on any atom is -0.355 e. The van der Waals surface area contributed by atoms with Crippen LogP contribution < -0.4 is 4.90 Å². The lowest BCUT2D eigenvalue weighted by atomic mass is 10.2. The van der Waals surface area contributed by atoms with E-state index in [1.165, 1.54) is 23.0 Å². The third kappa shape index (κ3) is 2.19. The van der Waals surface area contributed by atoms with E-state index in [0.29, 0.717) is 0 Å². The monoisotopic (exact) mass is 262 g/mol. The Morgan fingerprint density at radius 2 is 2.17 bits per heavy atom. The molecule has 0 amide bonds. The number of hydrogen-bond donors (Lipinski definition) is 0. The zero-order chi connectivity index (χ0) is 12.4. The van der Waals surface area contributed by atoms with E-state index in [1.807, 2.05) is 28.5 Å². The molecule has 3 heterocycles. The molecule has 0 atom stereocenters. The molecule has 2 aromatic rings. The van der Waals surface area contributed by atoms with Gasteiger partial charge in [-0.2, -0.15) is 21.4 Å². The Hall–Kier alpha value is -1.23. The van der Waals surface area contributed by atoms with Gasteiger partial charge in [0.25, 0.3) is 0 Å². The summed E-state index contributed by atoms with van der Waals surface area (Å²) in [5.41, 5.74) is 2.15. The summed E-state index contributed by atoms with van der Waals surface area (Å²) in [4.78, 5) is 7.08. The van der Waals surface area contributed by atoms with Gasteiger partial charge in [0.2, 0.25) is 0 Å². The van der Waals surface area contributed by atoms with E-state index in [9.17, 15) is 0 Å². The molecule has 96 valence electrons. The summed E-state index contributed by atoms with van der Waals surface area (Å²) in [6.45, 7) is 4.41. The molecule has 3 rings (SSSR count). The molecule has 0 bridgehead atoms. The van der Waals surface area contributed by atoms with Crippen molar-refractivity contribution in [2.24, 2.45) is 0 Å². The van der Waals surface area contributed by atoms with Crippen molar-refractivity contribution in [3.8, 4) is 0 Å². The molecule has 0 N–H and O–H groups in total. The van der Waals surface area contributed by atoms with Gasteiger partial charge in [-0.05, 0) is 6.42 Å². The quantitative estimate of drug-likeness (QED) is 0.849. The highest BCUT2D eigenvalue weighted by atomic mass is 32.2. The Labute approximate surface area is 111 Å². The summed E-state index contributed by atoms with van der Waals surface area (Å²) >= 11 is 2.03. The predicted molar refractivity (Wildman–Crippen MR) is 76.5 cm³/mol. The van der Waals surface area contributed by atoms with Crippen LogP contribution >= 0.6 is 11.8 Å². The zero-order valence-electron chi connectivity index (χ0n) is 10.7. The van der Waals surface area contributed by atoms with Gasteiger partial charge in [-0.1, -0.05) is 13.3 Å². The Bertz CT molecular complexity index is 531. The van der Waals surface area contributed by atoms with Crippen molar-refractivity contribution in [3.05, 3.63) is 24.0 Å². The average molecular weight is 262 g/mol. The van der Waals surface area contributed by atoms with Crippen molar-refractivity contribution in [2.45, 2.75) is 19.8 Å². The maximum atomic E-state index is 4.65. The summed E-state index contributed by atoms with van der Waals surface area (Å²) in [6.07, 6.45) is 4.00. The van der Waals surface area contributed by atoms with Gasteiger partial charge in [-0.15, -0.1) is 0 Å². The lowest BCUT2D eigenvalue weighted by Crippen LogP contribution is -2.34. The zero-order valence-corrected chi connectivity index (χ0v) is 11.5. The molecule has 1 saturated heterocycles. The minimum atomic E-state index is 0.967. The molecule has 0 spiro atoms. The number of anilines is 1. The van der Waals surface area contributed by atoms with Gasteiger partial charge in [0.05, 0.1) is 6.20 Å². The molecule has 0 unspecified atom stereocenters. The van der Waals surface area contributed by atoms with Crippen LogP contribution in [0.3, 0.4) is 0 Å². The number of aromatic nitrogens is 3. The summed E-state index contributed by atoms with van der Waals surface area (Å²) in [5, 5.41) is 4.40. The highest BCUT2D eigenvalue weighted by molar-refractivity contribution is 7.99. The summed E-state index contributed by atoms with van der Waals surface area (Å²) in [7, 11) is 0. The first kappa shape index (κ1) is 11.8. The Kier molecular flexibility index (Phi) is 3.41. The number of rotatable bonds is 3. The number of nitrogens with zero attached hydrogens (tertiary/aromatic N) is 4. The van der Waals surface area contributed by atoms with Crippen molar-refractivity contribution in [2.75, 3.05) is 29.5 Å². The Morgan fingerprint density at radius 3 is 2.94 bits per heavy atom. The normalized spacial score (nSPS) is 16.4. The lowest BCUT2D eigenvalue weighted by Gasteiger charge is -2.28. The first-order valence-corrected chi connectivity index (χ1v) is 7.70. The van der Waals surface area contributed by atoms with E-state index < -0.39 is 0 Å². The SMILES string of the molecule is CCCc1cc(N2CCSCC2)n2nccc2n1. The van der Waals surface area contributed by atoms with Crippen LogP contribution in [0.25, 0.3) is 5.65 Å². The molecule has 0 aliphatic carbocycles. The van der Waals surface area contributed by atoms with Crippen LogP contribution in [0.5, 0.6) is 0 Å². The van der Waals surface area contributed by atoms with Crippen molar-refractivity contribution in [1.29, 1.82) is 0 Å². The van der Waals surface area contributed by atoms with Gasteiger partial charge in [0, 0.05) is 42.4 Å². The minimum absolute atomic E-state index is 0.967. The fourth-order valence-electron chi connectivity index (χ4n) is 2.35. The molecule has 1 aliphatic rings. The highest BCUT2D eigenvalue weighted by Gasteiger charge is 2.16. The van der Waals surface area contributed by atoms with E-state index in [-0.39, 0.29) is 0 Å². The van der Waals surface area contributed by atoms with E-state index in [0.717, 1.165) is 31.6 Å². The molecule has 1 aliphatic heterocycles. The molecule has 0 saturated carbocycles. The maximum absolute atomic E-state index is 4.65. The van der Waals surface area contributed by atoms with Crippen LogP contribution in [0.2, 0.25) is 0 Å². The van der Waals surface area contributed by atoms with Crippen LogP contribution in [-0.2, 0) is 6.42 Å². The second-order valence-corrected chi connectivity index (χ2v) is 5.78. The smallest absolute Gasteiger partial charge is 0.157 e. The van der Waals surface area contributed by atoms with E-state index in [1.54, 1.807) is 0 Å². The van der Waals surface area contributed by atoms with Crippen LogP contribution in [0.1, 0.15) is 19.0 Å². The number of fused-ring (bicyclic) bond motifs is 1. The van der Waals surface area contributed by atoms with Gasteiger partial charge in [0.15, 0.2) is 5.65 Å². The van der Waals surface area contributed by atoms with Crippen LogP contribution in [0.15, 0.2) is 18.3 Å². The maximum Gasteiger partial charge on any atom is 0.157 e. The van der Waals surface area contributed by atoms with Gasteiger partial charge in [-0.3, -0.25) is 0 Å². The molecule has 2 aromatic heterocycles. The Morgan fingerprint density at radius 1 is 1.33 bits per heavy atom. The fourth-order valence-corrected chi connectivity index (χ4v) is 3.25. The van der Waals surface area contributed by atoms with E-state index in [2.05, 4.69) is 28.0 Å². The second kappa shape index (κ2) is 5.18. The predicted octanol–water partition coefficient (Wildman–Crippen LogP) is 2.24. The lowest BCUT2D eigenvalue weighted by molar-refractivity contribution is 0.782. The fraction of sp³-hybridized carbons (Fsp3) is 0.538.